The van der Waals surface area contributed by atoms with Gasteiger partial charge in [-0.05, 0) is 41.8 Å². The summed E-state index contributed by atoms with van der Waals surface area (Å²) in [5.41, 5.74) is 1.33. The molecule has 0 spiro atoms. The highest BCUT2D eigenvalue weighted by molar-refractivity contribution is 6.31. The van der Waals surface area contributed by atoms with Crippen LogP contribution in [-0.2, 0) is 11.3 Å². The molecule has 3 aromatic rings. The van der Waals surface area contributed by atoms with E-state index in [9.17, 15) is 9.18 Å². The van der Waals surface area contributed by atoms with Gasteiger partial charge in [-0.25, -0.2) is 4.39 Å². The summed E-state index contributed by atoms with van der Waals surface area (Å²) >= 11 is 5.98. The first-order valence-corrected chi connectivity index (χ1v) is 6.79. The first kappa shape index (κ1) is 13.6. The molecule has 3 nitrogen and oxygen atoms in total. The van der Waals surface area contributed by atoms with Gasteiger partial charge in [-0.2, -0.15) is 0 Å². The van der Waals surface area contributed by atoms with E-state index in [0.29, 0.717) is 10.7 Å². The fraction of sp³-hybridized carbons (Fsp3) is 0.0625. The predicted molar refractivity (Wildman–Crippen MR) is 82.0 cm³/mol. The molecule has 0 fully saturated rings. The zero-order valence-electron chi connectivity index (χ0n) is 11.0. The number of anilines is 1. The second-order valence-corrected chi connectivity index (χ2v) is 5.14. The van der Waals surface area contributed by atoms with Gasteiger partial charge in [0, 0.05) is 22.4 Å². The summed E-state index contributed by atoms with van der Waals surface area (Å²) in [7, 11) is 0. The van der Waals surface area contributed by atoms with Crippen molar-refractivity contribution in [1.29, 1.82) is 0 Å². The lowest BCUT2D eigenvalue weighted by Gasteiger charge is -2.07. The van der Waals surface area contributed by atoms with E-state index in [2.05, 4.69) is 5.32 Å². The second-order valence-electron chi connectivity index (χ2n) is 4.71. The van der Waals surface area contributed by atoms with Crippen LogP contribution in [0.25, 0.3) is 10.9 Å². The van der Waals surface area contributed by atoms with Gasteiger partial charge < -0.3 is 9.88 Å². The van der Waals surface area contributed by atoms with Crippen molar-refractivity contribution in [1.82, 2.24) is 4.57 Å². The van der Waals surface area contributed by atoms with Crippen LogP contribution in [0.1, 0.15) is 0 Å². The minimum atomic E-state index is -0.383. The number of fused-ring (bicyclic) bond motifs is 1. The van der Waals surface area contributed by atoms with Gasteiger partial charge in [-0.15, -0.1) is 0 Å². The fourth-order valence-corrected chi connectivity index (χ4v) is 2.38. The Morgan fingerprint density at radius 3 is 2.86 bits per heavy atom. The molecule has 0 saturated carbocycles. The quantitative estimate of drug-likeness (QED) is 0.777. The monoisotopic (exact) mass is 302 g/mol. The Hall–Kier alpha value is -2.33. The average Bonchev–Trinajstić information content (AvgIpc) is 2.81. The third-order valence-corrected chi connectivity index (χ3v) is 3.39. The lowest BCUT2D eigenvalue weighted by atomic mass is 10.2. The number of carbonyl (C=O) groups excluding carboxylic acids is 1. The Labute approximate surface area is 125 Å². The van der Waals surface area contributed by atoms with Crippen molar-refractivity contribution >= 4 is 34.1 Å². The highest BCUT2D eigenvalue weighted by atomic mass is 35.5. The normalized spacial score (nSPS) is 10.8. The number of nitrogens with zero attached hydrogens (tertiary/aromatic N) is 1. The lowest BCUT2D eigenvalue weighted by molar-refractivity contribution is -0.116. The Balaban J connectivity index is 1.79. The van der Waals surface area contributed by atoms with Gasteiger partial charge in [-0.1, -0.05) is 23.7 Å². The number of amides is 1. The summed E-state index contributed by atoms with van der Waals surface area (Å²) in [5.74, 6) is -0.607. The summed E-state index contributed by atoms with van der Waals surface area (Å²) in [4.78, 5) is 12.0. The Morgan fingerprint density at radius 2 is 2.05 bits per heavy atom. The van der Waals surface area contributed by atoms with Gasteiger partial charge in [0.05, 0.1) is 0 Å². The third kappa shape index (κ3) is 3.06. The van der Waals surface area contributed by atoms with Crippen molar-refractivity contribution in [2.24, 2.45) is 0 Å². The van der Waals surface area contributed by atoms with Crippen LogP contribution in [0.4, 0.5) is 10.1 Å². The largest absolute Gasteiger partial charge is 0.338 e. The van der Waals surface area contributed by atoms with Crippen molar-refractivity contribution < 1.29 is 9.18 Å². The van der Waals surface area contributed by atoms with Gasteiger partial charge in [-0.3, -0.25) is 4.79 Å². The SMILES string of the molecule is O=C(Cn1ccc2ccc(Cl)cc21)Nc1cccc(F)c1. The van der Waals surface area contributed by atoms with Crippen molar-refractivity contribution in [3.8, 4) is 0 Å². The van der Waals surface area contributed by atoms with Crippen molar-refractivity contribution in [2.75, 3.05) is 5.32 Å². The molecular weight excluding hydrogens is 291 g/mol. The molecule has 0 aliphatic carbocycles. The van der Waals surface area contributed by atoms with E-state index in [1.54, 1.807) is 22.8 Å². The highest BCUT2D eigenvalue weighted by Crippen LogP contribution is 2.20. The maximum absolute atomic E-state index is 13.1. The van der Waals surface area contributed by atoms with E-state index in [0.717, 1.165) is 10.9 Å². The van der Waals surface area contributed by atoms with Crippen molar-refractivity contribution in [3.05, 3.63) is 65.6 Å². The third-order valence-electron chi connectivity index (χ3n) is 3.16. The molecule has 0 aliphatic rings. The van der Waals surface area contributed by atoms with Crippen molar-refractivity contribution in [2.45, 2.75) is 6.54 Å². The van der Waals surface area contributed by atoms with Gasteiger partial charge in [0.2, 0.25) is 5.91 Å². The number of carbonyl (C=O) groups is 1. The molecule has 0 bridgehead atoms. The fourth-order valence-electron chi connectivity index (χ4n) is 2.22. The molecule has 1 amide bonds. The zero-order chi connectivity index (χ0) is 14.8. The number of hydrogen-bond donors (Lipinski definition) is 1. The summed E-state index contributed by atoms with van der Waals surface area (Å²) < 4.78 is 14.9. The first-order valence-electron chi connectivity index (χ1n) is 6.42. The van der Waals surface area contributed by atoms with Crippen LogP contribution in [0.15, 0.2) is 54.7 Å². The molecule has 21 heavy (non-hydrogen) atoms. The molecule has 0 atom stereocenters. The second kappa shape index (κ2) is 5.58. The van der Waals surface area contributed by atoms with Gasteiger partial charge in [0.1, 0.15) is 12.4 Å². The molecule has 0 radical (unpaired) electrons. The van der Waals surface area contributed by atoms with Gasteiger partial charge in [0.25, 0.3) is 0 Å². The first-order chi connectivity index (χ1) is 10.1. The van der Waals surface area contributed by atoms with Crippen molar-refractivity contribution in [3.63, 3.8) is 0 Å². The van der Waals surface area contributed by atoms with E-state index in [1.165, 1.54) is 12.1 Å². The molecule has 0 saturated heterocycles. The summed E-state index contributed by atoms with van der Waals surface area (Å²) in [6, 6.07) is 13.2. The minimum absolute atomic E-state index is 0.139. The average molecular weight is 303 g/mol. The topological polar surface area (TPSA) is 34.0 Å². The predicted octanol–water partition coefficient (Wildman–Crippen LogP) is 4.07. The highest BCUT2D eigenvalue weighted by Gasteiger charge is 2.07. The zero-order valence-corrected chi connectivity index (χ0v) is 11.8. The molecule has 1 heterocycles. The van der Waals surface area contributed by atoms with Crippen LogP contribution in [0.5, 0.6) is 0 Å². The van der Waals surface area contributed by atoms with Gasteiger partial charge in [0.15, 0.2) is 0 Å². The molecule has 2 aromatic carbocycles. The number of hydrogen-bond acceptors (Lipinski definition) is 1. The Bertz CT molecular complexity index is 813. The smallest absolute Gasteiger partial charge is 0.244 e. The molecule has 5 heteroatoms. The Morgan fingerprint density at radius 1 is 1.19 bits per heavy atom. The van der Waals surface area contributed by atoms with Crippen LogP contribution in [0.3, 0.4) is 0 Å². The number of benzene rings is 2. The standard InChI is InChI=1S/C16H12ClFN2O/c17-12-5-4-11-6-7-20(15(11)8-12)10-16(21)19-14-3-1-2-13(18)9-14/h1-9H,10H2,(H,19,21). The van der Waals surface area contributed by atoms with Crippen LogP contribution in [0.2, 0.25) is 5.02 Å². The maximum Gasteiger partial charge on any atom is 0.244 e. The summed E-state index contributed by atoms with van der Waals surface area (Å²) in [6.07, 6.45) is 1.83. The van der Waals surface area contributed by atoms with Crippen LogP contribution in [-0.4, -0.2) is 10.5 Å². The molecule has 0 unspecified atom stereocenters. The summed E-state index contributed by atoms with van der Waals surface area (Å²) in [6.45, 7) is 0.139. The van der Waals surface area contributed by atoms with E-state index >= 15 is 0 Å². The van der Waals surface area contributed by atoms with E-state index in [1.807, 2.05) is 24.4 Å². The molecule has 1 aromatic heterocycles. The number of nitrogens with one attached hydrogen (secondary N) is 1. The number of aromatic nitrogens is 1. The lowest BCUT2D eigenvalue weighted by Crippen LogP contribution is -2.18. The van der Waals surface area contributed by atoms with E-state index in [-0.39, 0.29) is 18.3 Å². The summed E-state index contributed by atoms with van der Waals surface area (Å²) in [5, 5.41) is 4.30. The molecule has 106 valence electrons. The van der Waals surface area contributed by atoms with Crippen LogP contribution >= 0.6 is 11.6 Å². The van der Waals surface area contributed by atoms with E-state index in [4.69, 9.17) is 11.6 Å². The van der Waals surface area contributed by atoms with Crippen LogP contribution < -0.4 is 5.32 Å². The number of halogens is 2. The molecule has 0 aliphatic heterocycles. The number of rotatable bonds is 3. The van der Waals surface area contributed by atoms with Crippen LogP contribution in [0, 0.1) is 5.82 Å². The molecular formula is C16H12ClFN2O. The van der Waals surface area contributed by atoms with Gasteiger partial charge >= 0.3 is 0 Å². The maximum atomic E-state index is 13.1. The minimum Gasteiger partial charge on any atom is -0.338 e. The van der Waals surface area contributed by atoms with E-state index < -0.39 is 0 Å². The molecule has 3 rings (SSSR count). The Kier molecular flexibility index (Phi) is 3.62. The molecule has 1 N–H and O–H groups in total.